The molecule has 84 valence electrons. The fourth-order valence-corrected chi connectivity index (χ4v) is 1.44. The Hall–Kier alpha value is -2.04. The Morgan fingerprint density at radius 3 is 2.75 bits per heavy atom. The van der Waals surface area contributed by atoms with Gasteiger partial charge < -0.3 is 13.9 Å². The van der Waals surface area contributed by atoms with Crippen LogP contribution < -0.4 is 0 Å². The summed E-state index contributed by atoms with van der Waals surface area (Å²) in [7, 11) is 0. The number of carboxylic acids is 1. The van der Waals surface area contributed by atoms with Crippen LogP contribution >= 0.6 is 0 Å². The van der Waals surface area contributed by atoms with Crippen molar-refractivity contribution in [1.82, 2.24) is 4.98 Å². The zero-order valence-electron chi connectivity index (χ0n) is 8.98. The summed E-state index contributed by atoms with van der Waals surface area (Å²) in [5, 5.41) is 8.91. The molecule has 0 aromatic carbocycles. The number of carboxylic acid groups (broad SMARTS) is 1. The maximum absolute atomic E-state index is 10.9. The fourth-order valence-electron chi connectivity index (χ4n) is 1.44. The molecule has 0 unspecified atom stereocenters. The van der Waals surface area contributed by atoms with Crippen molar-refractivity contribution in [3.05, 3.63) is 29.5 Å². The standard InChI is InChI=1S/C11H11NO4/c1-3-8-9(11(13)14)16-10(12-8)7-4-6(2)15-5-7/h4-5H,3H2,1-2H3,(H,13,14). The molecule has 0 bridgehead atoms. The monoisotopic (exact) mass is 221 g/mol. The van der Waals surface area contributed by atoms with E-state index < -0.39 is 5.97 Å². The van der Waals surface area contributed by atoms with Gasteiger partial charge in [-0.05, 0) is 19.4 Å². The topological polar surface area (TPSA) is 76.5 Å². The van der Waals surface area contributed by atoms with Gasteiger partial charge in [0.1, 0.15) is 12.0 Å². The molecule has 5 nitrogen and oxygen atoms in total. The number of hydrogen-bond acceptors (Lipinski definition) is 4. The molecular formula is C11H11NO4. The van der Waals surface area contributed by atoms with E-state index in [9.17, 15) is 4.79 Å². The van der Waals surface area contributed by atoms with E-state index in [-0.39, 0.29) is 11.7 Å². The first-order chi connectivity index (χ1) is 7.61. The van der Waals surface area contributed by atoms with Crippen LogP contribution in [0.3, 0.4) is 0 Å². The van der Waals surface area contributed by atoms with Crippen molar-refractivity contribution in [2.24, 2.45) is 0 Å². The number of hydrogen-bond donors (Lipinski definition) is 1. The van der Waals surface area contributed by atoms with Crippen LogP contribution in [-0.4, -0.2) is 16.1 Å². The molecule has 1 N–H and O–H groups in total. The first kappa shape index (κ1) is 10.5. The second-order valence-corrected chi connectivity index (χ2v) is 3.40. The Kier molecular flexibility index (Phi) is 2.52. The molecule has 0 spiro atoms. The maximum Gasteiger partial charge on any atom is 0.373 e. The van der Waals surface area contributed by atoms with Crippen molar-refractivity contribution < 1.29 is 18.7 Å². The van der Waals surface area contributed by atoms with Gasteiger partial charge in [-0.1, -0.05) is 6.92 Å². The summed E-state index contributed by atoms with van der Waals surface area (Å²) in [5.41, 5.74) is 1.10. The van der Waals surface area contributed by atoms with Crippen molar-refractivity contribution in [1.29, 1.82) is 0 Å². The third kappa shape index (κ3) is 1.71. The summed E-state index contributed by atoms with van der Waals surface area (Å²) in [5.74, 6) is -0.193. The average molecular weight is 221 g/mol. The van der Waals surface area contributed by atoms with Crippen LogP contribution in [0.5, 0.6) is 0 Å². The molecule has 2 rings (SSSR count). The molecule has 2 aromatic rings. The summed E-state index contributed by atoms with van der Waals surface area (Å²) >= 11 is 0. The van der Waals surface area contributed by atoms with Crippen molar-refractivity contribution >= 4 is 5.97 Å². The first-order valence-corrected chi connectivity index (χ1v) is 4.90. The SMILES string of the molecule is CCc1nc(-c2coc(C)c2)oc1C(=O)O. The van der Waals surface area contributed by atoms with E-state index in [1.807, 2.05) is 6.92 Å². The lowest BCUT2D eigenvalue weighted by Gasteiger charge is -1.88. The van der Waals surface area contributed by atoms with Gasteiger partial charge in [0.2, 0.25) is 11.7 Å². The van der Waals surface area contributed by atoms with E-state index >= 15 is 0 Å². The second-order valence-electron chi connectivity index (χ2n) is 3.40. The van der Waals surface area contributed by atoms with Gasteiger partial charge in [-0.25, -0.2) is 9.78 Å². The third-order valence-electron chi connectivity index (χ3n) is 2.20. The van der Waals surface area contributed by atoms with Crippen LogP contribution in [0.1, 0.15) is 28.9 Å². The molecule has 5 heteroatoms. The van der Waals surface area contributed by atoms with E-state index in [1.54, 1.807) is 13.0 Å². The lowest BCUT2D eigenvalue weighted by molar-refractivity contribution is 0.0662. The van der Waals surface area contributed by atoms with Crippen LogP contribution in [0.4, 0.5) is 0 Å². The van der Waals surface area contributed by atoms with Crippen LogP contribution in [0, 0.1) is 6.92 Å². The molecule has 0 atom stereocenters. The number of furan rings is 1. The van der Waals surface area contributed by atoms with Gasteiger partial charge in [-0.15, -0.1) is 0 Å². The van der Waals surface area contributed by atoms with Crippen molar-refractivity contribution in [2.75, 3.05) is 0 Å². The predicted octanol–water partition coefficient (Wildman–Crippen LogP) is 2.50. The molecule has 0 fully saturated rings. The van der Waals surface area contributed by atoms with Crippen molar-refractivity contribution in [3.63, 3.8) is 0 Å². The Bertz CT molecular complexity index is 524. The molecule has 2 heterocycles. The van der Waals surface area contributed by atoms with Gasteiger partial charge in [0.05, 0.1) is 11.3 Å². The average Bonchev–Trinajstić information content (AvgIpc) is 2.82. The summed E-state index contributed by atoms with van der Waals surface area (Å²) in [6, 6.07) is 1.75. The minimum absolute atomic E-state index is 0.101. The molecule has 0 aliphatic heterocycles. The summed E-state index contributed by atoms with van der Waals surface area (Å²) in [6.45, 7) is 3.62. The maximum atomic E-state index is 10.9. The van der Waals surface area contributed by atoms with Crippen LogP contribution in [0.2, 0.25) is 0 Å². The fraction of sp³-hybridized carbons (Fsp3) is 0.273. The lowest BCUT2D eigenvalue weighted by Crippen LogP contribution is -1.98. The molecule has 2 aromatic heterocycles. The Morgan fingerprint density at radius 1 is 1.56 bits per heavy atom. The summed E-state index contributed by atoms with van der Waals surface area (Å²) < 4.78 is 10.3. The molecule has 16 heavy (non-hydrogen) atoms. The normalized spacial score (nSPS) is 10.6. The van der Waals surface area contributed by atoms with Gasteiger partial charge in [-0.3, -0.25) is 0 Å². The van der Waals surface area contributed by atoms with Crippen LogP contribution in [0.25, 0.3) is 11.5 Å². The molecule has 0 aliphatic rings. The molecule has 0 aliphatic carbocycles. The number of aryl methyl sites for hydroxylation is 2. The Morgan fingerprint density at radius 2 is 2.31 bits per heavy atom. The van der Waals surface area contributed by atoms with E-state index in [0.717, 1.165) is 5.76 Å². The van der Waals surface area contributed by atoms with Gasteiger partial charge in [0.25, 0.3) is 0 Å². The number of aromatic nitrogens is 1. The van der Waals surface area contributed by atoms with Crippen molar-refractivity contribution in [2.45, 2.75) is 20.3 Å². The zero-order valence-corrected chi connectivity index (χ0v) is 8.98. The number of nitrogens with zero attached hydrogens (tertiary/aromatic N) is 1. The smallest absolute Gasteiger partial charge is 0.373 e. The minimum atomic E-state index is -1.10. The highest BCUT2D eigenvalue weighted by Gasteiger charge is 2.19. The van der Waals surface area contributed by atoms with Gasteiger partial charge >= 0.3 is 5.97 Å². The van der Waals surface area contributed by atoms with Crippen LogP contribution in [-0.2, 0) is 6.42 Å². The predicted molar refractivity (Wildman–Crippen MR) is 55.3 cm³/mol. The summed E-state index contributed by atoms with van der Waals surface area (Å²) in [6.07, 6.45) is 2.01. The first-order valence-electron chi connectivity index (χ1n) is 4.90. The lowest BCUT2D eigenvalue weighted by atomic mass is 10.3. The van der Waals surface area contributed by atoms with Gasteiger partial charge in [-0.2, -0.15) is 0 Å². The van der Waals surface area contributed by atoms with E-state index in [4.69, 9.17) is 13.9 Å². The number of carbonyl (C=O) groups is 1. The molecule has 0 amide bonds. The van der Waals surface area contributed by atoms with Crippen molar-refractivity contribution in [3.8, 4) is 11.5 Å². The Balaban J connectivity index is 2.47. The number of aromatic carboxylic acids is 1. The highest BCUT2D eigenvalue weighted by Crippen LogP contribution is 2.24. The minimum Gasteiger partial charge on any atom is -0.475 e. The van der Waals surface area contributed by atoms with E-state index in [1.165, 1.54) is 6.26 Å². The third-order valence-corrected chi connectivity index (χ3v) is 2.20. The quantitative estimate of drug-likeness (QED) is 0.861. The Labute approximate surface area is 91.7 Å². The highest BCUT2D eigenvalue weighted by atomic mass is 16.4. The van der Waals surface area contributed by atoms with E-state index in [0.29, 0.717) is 17.7 Å². The summed E-state index contributed by atoms with van der Waals surface area (Å²) in [4.78, 5) is 15.0. The largest absolute Gasteiger partial charge is 0.475 e. The second kappa shape index (κ2) is 3.84. The van der Waals surface area contributed by atoms with E-state index in [2.05, 4.69) is 4.98 Å². The molecular weight excluding hydrogens is 210 g/mol. The number of oxazole rings is 1. The molecule has 0 saturated carbocycles. The van der Waals surface area contributed by atoms with Crippen LogP contribution in [0.15, 0.2) is 21.2 Å². The highest BCUT2D eigenvalue weighted by molar-refractivity contribution is 5.86. The van der Waals surface area contributed by atoms with Gasteiger partial charge in [0.15, 0.2) is 0 Å². The number of rotatable bonds is 3. The molecule has 0 radical (unpaired) electrons. The molecule has 0 saturated heterocycles. The van der Waals surface area contributed by atoms with Gasteiger partial charge in [0, 0.05) is 0 Å². The zero-order chi connectivity index (χ0) is 11.7.